The zero-order valence-electron chi connectivity index (χ0n) is 23.4. The van der Waals surface area contributed by atoms with Gasteiger partial charge in [0.15, 0.2) is 0 Å². The van der Waals surface area contributed by atoms with E-state index in [0.29, 0.717) is 31.8 Å². The number of rotatable bonds is 11. The van der Waals surface area contributed by atoms with Crippen LogP contribution in [-0.4, -0.2) is 58.0 Å². The van der Waals surface area contributed by atoms with Crippen LogP contribution in [0.3, 0.4) is 0 Å². The van der Waals surface area contributed by atoms with Crippen molar-refractivity contribution in [3.05, 3.63) is 0 Å². The first-order chi connectivity index (χ1) is 16.7. The van der Waals surface area contributed by atoms with Gasteiger partial charge >= 0.3 is 6.09 Å². The summed E-state index contributed by atoms with van der Waals surface area (Å²) in [5.41, 5.74) is -1.43. The van der Waals surface area contributed by atoms with Crippen molar-refractivity contribution in [1.82, 2.24) is 14.9 Å². The van der Waals surface area contributed by atoms with Crippen molar-refractivity contribution < 1.29 is 23.6 Å². The molecule has 2 fully saturated rings. The molecule has 1 saturated carbocycles. The van der Waals surface area contributed by atoms with E-state index < -0.39 is 22.9 Å². The van der Waals surface area contributed by atoms with Crippen molar-refractivity contribution in [2.45, 2.75) is 123 Å². The van der Waals surface area contributed by atoms with Gasteiger partial charge in [0.2, 0.25) is 5.91 Å². The molecule has 0 spiro atoms. The first-order valence-corrected chi connectivity index (χ1v) is 14.8. The van der Waals surface area contributed by atoms with Gasteiger partial charge in [0.05, 0.1) is 12.1 Å². The van der Waals surface area contributed by atoms with Crippen LogP contribution < -0.4 is 15.2 Å². The molecule has 1 aliphatic heterocycles. The van der Waals surface area contributed by atoms with Crippen molar-refractivity contribution in [1.29, 1.82) is 0 Å². The van der Waals surface area contributed by atoms with Crippen molar-refractivity contribution in [3.63, 3.8) is 0 Å². The largest absolute Gasteiger partial charge is 0.579 e. The van der Waals surface area contributed by atoms with Crippen molar-refractivity contribution in [3.8, 4) is 0 Å². The molecule has 0 bridgehead atoms. The topological polar surface area (TPSA) is 129 Å². The second kappa shape index (κ2) is 13.6. The molecule has 2 rings (SSSR count). The van der Waals surface area contributed by atoms with Crippen LogP contribution in [0.5, 0.6) is 0 Å². The molecule has 210 valence electrons. The maximum Gasteiger partial charge on any atom is 0.412 e. The van der Waals surface area contributed by atoms with Gasteiger partial charge in [-0.15, -0.1) is 9.86 Å². The molecular formula is C26H50N4O5S. The number of hydrogen-bond donors (Lipinski definition) is 3. The lowest BCUT2D eigenvalue weighted by Crippen LogP contribution is -2.51. The number of nitrogens with one attached hydrogen (secondary N) is 2. The molecule has 10 heteroatoms. The average Bonchev–Trinajstić information content (AvgIpc) is 2.99. The maximum atomic E-state index is 13.4. The Labute approximate surface area is 221 Å². The van der Waals surface area contributed by atoms with E-state index in [1.54, 1.807) is 4.90 Å². The lowest BCUT2D eigenvalue weighted by molar-refractivity contribution is -0.129. The summed E-state index contributed by atoms with van der Waals surface area (Å²) < 4.78 is 25.9. The molecule has 0 aromatic heterocycles. The molecule has 0 radical (unpaired) electrons. The number of ether oxygens (including phenoxy) is 2. The molecule has 36 heavy (non-hydrogen) atoms. The summed E-state index contributed by atoms with van der Waals surface area (Å²) in [5, 5.41) is 8.22. The van der Waals surface area contributed by atoms with E-state index in [0.717, 1.165) is 6.42 Å². The van der Waals surface area contributed by atoms with Crippen LogP contribution in [0.1, 0.15) is 99.8 Å². The third-order valence-corrected chi connectivity index (χ3v) is 7.68. The fourth-order valence-corrected chi connectivity index (χ4v) is 5.85. The molecule has 4 atom stereocenters. The Bertz CT molecular complexity index is 707. The number of carbonyl (C=O) groups is 2. The van der Waals surface area contributed by atoms with E-state index in [-0.39, 0.29) is 36.0 Å². The number of carbonyl (C=O) groups excluding carboxylic acids is 2. The van der Waals surface area contributed by atoms with E-state index in [9.17, 15) is 14.1 Å². The zero-order valence-corrected chi connectivity index (χ0v) is 24.2. The summed E-state index contributed by atoms with van der Waals surface area (Å²) in [4.78, 5) is 28.3. The Balaban J connectivity index is 2.17. The highest BCUT2D eigenvalue weighted by molar-refractivity contribution is 7.87. The van der Waals surface area contributed by atoms with Crippen molar-refractivity contribution >= 4 is 23.5 Å². The van der Waals surface area contributed by atoms with Gasteiger partial charge in [-0.05, 0) is 65.7 Å². The average molecular weight is 531 g/mol. The summed E-state index contributed by atoms with van der Waals surface area (Å²) in [6.45, 7) is 14.5. The van der Waals surface area contributed by atoms with Crippen LogP contribution in [0.4, 0.5) is 4.79 Å². The normalized spacial score (nSPS) is 24.6. The molecule has 1 saturated heterocycles. The molecule has 1 heterocycles. The van der Waals surface area contributed by atoms with Crippen molar-refractivity contribution in [2.24, 2.45) is 22.9 Å². The minimum absolute atomic E-state index is 0.0209. The van der Waals surface area contributed by atoms with E-state index in [1.165, 1.54) is 32.1 Å². The Morgan fingerprint density at radius 3 is 2.39 bits per heavy atom. The van der Waals surface area contributed by atoms with Crippen LogP contribution in [0.15, 0.2) is 0 Å². The van der Waals surface area contributed by atoms with Gasteiger partial charge in [-0.1, -0.05) is 46.0 Å². The first kappa shape index (κ1) is 31.1. The summed E-state index contributed by atoms with van der Waals surface area (Å²) in [5.74, 6) is 0.375. The molecule has 0 aromatic rings. The summed E-state index contributed by atoms with van der Waals surface area (Å²) >= 11 is -1.55. The Morgan fingerprint density at radius 2 is 1.83 bits per heavy atom. The smallest absolute Gasteiger partial charge is 0.412 e. The van der Waals surface area contributed by atoms with Crippen LogP contribution in [0, 0.1) is 17.8 Å². The molecule has 2 aliphatic rings. The number of nitrogens with two attached hydrogens (primary N) is 1. The molecule has 1 aliphatic carbocycles. The first-order valence-electron chi connectivity index (χ1n) is 13.6. The van der Waals surface area contributed by atoms with Gasteiger partial charge in [0.25, 0.3) is 0 Å². The Hall–Kier alpha value is -1.07. The zero-order chi connectivity index (χ0) is 27.1. The van der Waals surface area contributed by atoms with E-state index in [4.69, 9.17) is 14.6 Å². The number of nitrogens with zero attached hydrogens (tertiary/aromatic N) is 1. The second-order valence-corrected chi connectivity index (χ2v) is 13.1. The summed E-state index contributed by atoms with van der Waals surface area (Å²) in [6.07, 6.45) is 7.47. The van der Waals surface area contributed by atoms with Crippen LogP contribution in [0.2, 0.25) is 0 Å². The molecular weight excluding hydrogens is 480 g/mol. The maximum absolute atomic E-state index is 13.4. The minimum atomic E-state index is -1.55. The molecule has 4 N–H and O–H groups in total. The second-order valence-electron chi connectivity index (χ2n) is 12.2. The minimum Gasteiger partial charge on any atom is -0.579 e. The third-order valence-electron chi connectivity index (χ3n) is 7.20. The standard InChI is InChI=1S/C26H50N4O5S/c1-18(2)20(23(31)28-14-11-15-29-36(27)33)17-22-21(16-19-12-9-8-10-13-19)30(26(6,7)34-22)24(32)35-25(3,4)5/h18-22,29H,8-17,27H2,1-7H3,(H,28,31)/t20-,21-,22-,36?/m0/s1. The van der Waals surface area contributed by atoms with Crippen LogP contribution in [-0.2, 0) is 25.8 Å². The summed E-state index contributed by atoms with van der Waals surface area (Å²) in [6, 6.07) is -0.143. The predicted octanol–water partition coefficient (Wildman–Crippen LogP) is 3.99. The van der Waals surface area contributed by atoms with E-state index in [2.05, 4.69) is 10.0 Å². The lowest BCUT2D eigenvalue weighted by atomic mass is 9.81. The SMILES string of the molecule is CC(C)[C@H](C[C@@H]1OC(C)(C)N(C(=O)OC(C)(C)C)[C@H]1CC1CCCCC1)C(=O)NCCCN[S+](N)[O-]. The van der Waals surface area contributed by atoms with Crippen LogP contribution >= 0.6 is 0 Å². The van der Waals surface area contributed by atoms with Gasteiger partial charge in [-0.3, -0.25) is 9.69 Å². The van der Waals surface area contributed by atoms with Gasteiger partial charge in [-0.25, -0.2) is 4.79 Å². The highest BCUT2D eigenvalue weighted by Gasteiger charge is 2.52. The predicted molar refractivity (Wildman–Crippen MR) is 143 cm³/mol. The van der Waals surface area contributed by atoms with Gasteiger partial charge in [0.1, 0.15) is 22.9 Å². The quantitative estimate of drug-likeness (QED) is 0.272. The monoisotopic (exact) mass is 530 g/mol. The fraction of sp³-hybridized carbons (Fsp3) is 0.923. The molecule has 9 nitrogen and oxygen atoms in total. The lowest BCUT2D eigenvalue weighted by Gasteiger charge is -2.37. The highest BCUT2D eigenvalue weighted by atomic mass is 32.2. The third kappa shape index (κ3) is 9.67. The molecule has 2 amide bonds. The summed E-state index contributed by atoms with van der Waals surface area (Å²) in [7, 11) is 0. The van der Waals surface area contributed by atoms with E-state index >= 15 is 0 Å². The van der Waals surface area contributed by atoms with Gasteiger partial charge in [-0.2, -0.15) is 0 Å². The highest BCUT2D eigenvalue weighted by Crippen LogP contribution is 2.41. The van der Waals surface area contributed by atoms with E-state index in [1.807, 2.05) is 48.5 Å². The molecule has 0 aromatic carbocycles. The van der Waals surface area contributed by atoms with Crippen LogP contribution in [0.25, 0.3) is 0 Å². The number of hydrogen-bond acceptors (Lipinski definition) is 7. The van der Waals surface area contributed by atoms with Gasteiger partial charge in [0, 0.05) is 19.0 Å². The number of amides is 2. The Morgan fingerprint density at radius 1 is 1.19 bits per heavy atom. The fourth-order valence-electron chi connectivity index (χ4n) is 5.50. The Kier molecular flexibility index (Phi) is 11.8. The van der Waals surface area contributed by atoms with Crippen molar-refractivity contribution in [2.75, 3.05) is 13.1 Å². The van der Waals surface area contributed by atoms with Gasteiger partial charge < -0.3 is 19.3 Å². The molecule has 1 unspecified atom stereocenters.